The van der Waals surface area contributed by atoms with Gasteiger partial charge in [-0.2, -0.15) is 5.26 Å². The van der Waals surface area contributed by atoms with Gasteiger partial charge in [0.1, 0.15) is 0 Å². The number of hydrogen-bond acceptors (Lipinski definition) is 4. The van der Waals surface area contributed by atoms with Gasteiger partial charge >= 0.3 is 0 Å². The molecule has 4 nitrogen and oxygen atoms in total. The first-order valence-electron chi connectivity index (χ1n) is 4.93. The fourth-order valence-electron chi connectivity index (χ4n) is 1.37. The van der Waals surface area contributed by atoms with Gasteiger partial charge in [0.2, 0.25) is 0 Å². The van der Waals surface area contributed by atoms with Gasteiger partial charge in [-0.15, -0.1) is 0 Å². The molecule has 1 atom stereocenters. The normalized spacial score (nSPS) is 13.1. The fourth-order valence-corrected chi connectivity index (χ4v) is 2.87. The third-order valence-corrected chi connectivity index (χ3v) is 4.56. The second-order valence-electron chi connectivity index (χ2n) is 3.59. The average Bonchev–Trinajstić information content (AvgIpc) is 2.23. The maximum absolute atomic E-state index is 12.0. The zero-order valence-corrected chi connectivity index (χ0v) is 10.1. The first-order valence-corrected chi connectivity index (χ1v) is 6.47. The third kappa shape index (κ3) is 2.17. The molecule has 86 valence electrons. The van der Waals surface area contributed by atoms with Gasteiger partial charge in [0.25, 0.3) is 0 Å². The van der Waals surface area contributed by atoms with E-state index in [2.05, 4.69) is 0 Å². The van der Waals surface area contributed by atoms with Crippen LogP contribution in [0.25, 0.3) is 0 Å². The van der Waals surface area contributed by atoms with Crippen LogP contribution in [0.4, 0.5) is 5.69 Å². The van der Waals surface area contributed by atoms with Gasteiger partial charge < -0.3 is 5.73 Å². The summed E-state index contributed by atoms with van der Waals surface area (Å²) in [7, 11) is -3.56. The first kappa shape index (κ1) is 12.5. The lowest BCUT2D eigenvalue weighted by Gasteiger charge is -2.09. The van der Waals surface area contributed by atoms with Crippen molar-refractivity contribution in [2.24, 2.45) is 0 Å². The Morgan fingerprint density at radius 1 is 1.50 bits per heavy atom. The predicted octanol–water partition coefficient (Wildman–Crippen LogP) is 1.65. The maximum atomic E-state index is 12.0. The summed E-state index contributed by atoms with van der Waals surface area (Å²) >= 11 is 0. The molecule has 0 bridgehead atoms. The van der Waals surface area contributed by atoms with Crippen molar-refractivity contribution in [1.29, 1.82) is 5.26 Å². The van der Waals surface area contributed by atoms with Gasteiger partial charge in [0.15, 0.2) is 15.1 Å². The molecule has 0 aromatic heterocycles. The van der Waals surface area contributed by atoms with Gasteiger partial charge in [-0.25, -0.2) is 8.42 Å². The summed E-state index contributed by atoms with van der Waals surface area (Å²) < 4.78 is 24.0. The standard InChI is InChI=1S/C11H14N2O2S/c1-3-9(7-12)16(14,15)10-4-5-11(13)8(2)6-10/h4-6,9H,3,13H2,1-2H3. The quantitative estimate of drug-likeness (QED) is 0.811. The Kier molecular flexibility index (Phi) is 3.55. The van der Waals surface area contributed by atoms with Crippen molar-refractivity contribution >= 4 is 15.5 Å². The summed E-state index contributed by atoms with van der Waals surface area (Å²) in [5.74, 6) is 0. The van der Waals surface area contributed by atoms with Crippen molar-refractivity contribution in [1.82, 2.24) is 0 Å². The van der Waals surface area contributed by atoms with E-state index >= 15 is 0 Å². The van der Waals surface area contributed by atoms with E-state index in [0.717, 1.165) is 0 Å². The summed E-state index contributed by atoms with van der Waals surface area (Å²) in [6, 6.07) is 6.30. The van der Waals surface area contributed by atoms with Crippen LogP contribution in [-0.2, 0) is 9.84 Å². The Balaban J connectivity index is 3.29. The van der Waals surface area contributed by atoms with E-state index in [1.807, 2.05) is 0 Å². The highest BCUT2D eigenvalue weighted by Crippen LogP contribution is 2.21. The molecule has 1 aromatic carbocycles. The molecule has 0 aliphatic carbocycles. The van der Waals surface area contributed by atoms with E-state index in [1.165, 1.54) is 12.1 Å². The van der Waals surface area contributed by atoms with Crippen LogP contribution in [0, 0.1) is 18.3 Å². The van der Waals surface area contributed by atoms with Crippen LogP contribution in [0.1, 0.15) is 18.9 Å². The van der Waals surface area contributed by atoms with Crippen molar-refractivity contribution in [3.8, 4) is 6.07 Å². The Morgan fingerprint density at radius 2 is 2.12 bits per heavy atom. The summed E-state index contributed by atoms with van der Waals surface area (Å²) in [6.45, 7) is 3.41. The van der Waals surface area contributed by atoms with E-state index in [0.29, 0.717) is 11.3 Å². The lowest BCUT2D eigenvalue weighted by molar-refractivity contribution is 0.587. The molecule has 0 saturated carbocycles. The molecule has 1 aromatic rings. The minimum Gasteiger partial charge on any atom is -0.399 e. The lowest BCUT2D eigenvalue weighted by atomic mass is 10.2. The van der Waals surface area contributed by atoms with E-state index in [1.54, 1.807) is 26.0 Å². The van der Waals surface area contributed by atoms with Gasteiger partial charge in [0, 0.05) is 5.69 Å². The molecule has 1 unspecified atom stereocenters. The average molecular weight is 238 g/mol. The SMILES string of the molecule is CCC(C#N)S(=O)(=O)c1ccc(N)c(C)c1. The highest BCUT2D eigenvalue weighted by molar-refractivity contribution is 7.92. The molecule has 2 N–H and O–H groups in total. The van der Waals surface area contributed by atoms with Crippen LogP contribution in [0.5, 0.6) is 0 Å². The summed E-state index contributed by atoms with van der Waals surface area (Å²) in [4.78, 5) is 0.160. The number of aryl methyl sites for hydroxylation is 1. The molecule has 0 saturated heterocycles. The monoisotopic (exact) mass is 238 g/mol. The van der Waals surface area contributed by atoms with Crippen LogP contribution < -0.4 is 5.73 Å². The van der Waals surface area contributed by atoms with Crippen molar-refractivity contribution < 1.29 is 8.42 Å². The Hall–Kier alpha value is -1.54. The van der Waals surface area contributed by atoms with Crippen LogP contribution >= 0.6 is 0 Å². The van der Waals surface area contributed by atoms with Gasteiger partial charge in [-0.3, -0.25) is 0 Å². The molecule has 16 heavy (non-hydrogen) atoms. The van der Waals surface area contributed by atoms with Crippen molar-refractivity contribution in [3.05, 3.63) is 23.8 Å². The van der Waals surface area contributed by atoms with Gasteiger partial charge in [-0.1, -0.05) is 6.92 Å². The number of sulfone groups is 1. The summed E-state index contributed by atoms with van der Waals surface area (Å²) in [5.41, 5.74) is 6.86. The number of nitrogen functional groups attached to an aromatic ring is 1. The summed E-state index contributed by atoms with van der Waals surface area (Å²) in [5, 5.41) is 7.80. The molecule has 0 radical (unpaired) electrons. The number of nitrogens with two attached hydrogens (primary N) is 1. The van der Waals surface area contributed by atoms with Crippen LogP contribution in [0.2, 0.25) is 0 Å². The predicted molar refractivity (Wildman–Crippen MR) is 62.5 cm³/mol. The number of nitrogens with zero attached hydrogens (tertiary/aromatic N) is 1. The highest BCUT2D eigenvalue weighted by Gasteiger charge is 2.25. The van der Waals surface area contributed by atoms with Crippen molar-refractivity contribution in [2.75, 3.05) is 5.73 Å². The maximum Gasteiger partial charge on any atom is 0.194 e. The molecule has 0 amide bonds. The van der Waals surface area contributed by atoms with E-state index < -0.39 is 15.1 Å². The molecule has 0 heterocycles. The smallest absolute Gasteiger partial charge is 0.194 e. The number of nitriles is 1. The van der Waals surface area contributed by atoms with Gasteiger partial charge in [-0.05, 0) is 37.1 Å². The fraction of sp³-hybridized carbons (Fsp3) is 0.364. The van der Waals surface area contributed by atoms with Crippen molar-refractivity contribution in [3.63, 3.8) is 0 Å². The zero-order chi connectivity index (χ0) is 12.3. The molecule has 0 aliphatic heterocycles. The van der Waals surface area contributed by atoms with Crippen molar-refractivity contribution in [2.45, 2.75) is 30.4 Å². The zero-order valence-electron chi connectivity index (χ0n) is 9.27. The van der Waals surface area contributed by atoms with Crippen LogP contribution in [0.3, 0.4) is 0 Å². The summed E-state index contributed by atoms with van der Waals surface area (Å²) in [6.07, 6.45) is 0.280. The topological polar surface area (TPSA) is 84.0 Å². The molecular weight excluding hydrogens is 224 g/mol. The lowest BCUT2D eigenvalue weighted by Crippen LogP contribution is -2.18. The second kappa shape index (κ2) is 4.54. The van der Waals surface area contributed by atoms with E-state index in [4.69, 9.17) is 11.0 Å². The Morgan fingerprint density at radius 3 is 2.56 bits per heavy atom. The molecular formula is C11H14N2O2S. The number of anilines is 1. The number of rotatable bonds is 3. The van der Waals surface area contributed by atoms with Crippen LogP contribution in [0.15, 0.2) is 23.1 Å². The highest BCUT2D eigenvalue weighted by atomic mass is 32.2. The minimum absolute atomic E-state index is 0.160. The van der Waals surface area contributed by atoms with Gasteiger partial charge in [0.05, 0.1) is 11.0 Å². The molecule has 5 heteroatoms. The number of benzene rings is 1. The minimum atomic E-state index is -3.56. The number of hydrogen-bond donors (Lipinski definition) is 1. The van der Waals surface area contributed by atoms with Crippen LogP contribution in [-0.4, -0.2) is 13.7 Å². The third-order valence-electron chi connectivity index (χ3n) is 2.46. The molecule has 1 rings (SSSR count). The van der Waals surface area contributed by atoms with E-state index in [-0.39, 0.29) is 11.3 Å². The Labute approximate surface area is 95.6 Å². The van der Waals surface area contributed by atoms with E-state index in [9.17, 15) is 8.42 Å². The first-order chi connectivity index (χ1) is 7.43. The molecule has 0 spiro atoms. The Bertz CT molecular complexity index is 529. The second-order valence-corrected chi connectivity index (χ2v) is 5.72. The largest absolute Gasteiger partial charge is 0.399 e. The molecule has 0 aliphatic rings. The molecule has 0 fully saturated rings.